The van der Waals surface area contributed by atoms with Crippen LogP contribution in [0.3, 0.4) is 0 Å². The van der Waals surface area contributed by atoms with Crippen LogP contribution in [-0.2, 0) is 4.79 Å². The molecule has 1 fully saturated rings. The summed E-state index contributed by atoms with van der Waals surface area (Å²) < 4.78 is 0. The molecule has 0 aromatic heterocycles. The molecule has 1 amide bonds. The van der Waals surface area contributed by atoms with Crippen LogP contribution < -0.4 is 15.5 Å². The van der Waals surface area contributed by atoms with E-state index in [1.807, 2.05) is 20.2 Å². The summed E-state index contributed by atoms with van der Waals surface area (Å²) in [5, 5.41) is 6.76. The molecule has 1 aromatic carbocycles. The predicted molar refractivity (Wildman–Crippen MR) is 138 cm³/mol. The second kappa shape index (κ2) is 13.7. The largest absolute Gasteiger partial charge is 0.375 e. The van der Waals surface area contributed by atoms with Crippen LogP contribution in [0, 0.1) is 5.41 Å². The Labute approximate surface area is 199 Å². The molecule has 2 N–H and O–H groups in total. The third kappa shape index (κ3) is 7.96. The average molecular weight is 530 g/mol. The zero-order chi connectivity index (χ0) is 21.1. The minimum Gasteiger partial charge on any atom is -0.375 e. The molecule has 0 aliphatic heterocycles. The molecule has 2 rings (SSSR count). The van der Waals surface area contributed by atoms with Crippen molar-refractivity contribution in [3.63, 3.8) is 0 Å². The van der Waals surface area contributed by atoms with Crippen molar-refractivity contribution in [1.29, 1.82) is 0 Å². The first-order chi connectivity index (χ1) is 14.0. The summed E-state index contributed by atoms with van der Waals surface area (Å²) >= 11 is 0. The quantitative estimate of drug-likeness (QED) is 0.210. The molecule has 0 spiro atoms. The molecule has 1 aliphatic rings. The van der Waals surface area contributed by atoms with Crippen molar-refractivity contribution in [1.82, 2.24) is 15.5 Å². The monoisotopic (exact) mass is 529 g/mol. The first-order valence-electron chi connectivity index (χ1n) is 11.0. The summed E-state index contributed by atoms with van der Waals surface area (Å²) in [6.45, 7) is 5.36. The zero-order valence-electron chi connectivity index (χ0n) is 19.1. The smallest absolute Gasteiger partial charge is 0.230 e. The molecule has 0 unspecified atom stereocenters. The van der Waals surface area contributed by atoms with Crippen LogP contribution in [-0.4, -0.2) is 64.1 Å². The summed E-state index contributed by atoms with van der Waals surface area (Å²) in [6.07, 6.45) is 6.31. The number of amides is 1. The molecule has 6 nitrogen and oxygen atoms in total. The highest BCUT2D eigenvalue weighted by Gasteiger charge is 2.42. The summed E-state index contributed by atoms with van der Waals surface area (Å²) in [6, 6.07) is 10.5. The van der Waals surface area contributed by atoms with Crippen LogP contribution in [0.5, 0.6) is 0 Å². The molecule has 1 aromatic rings. The van der Waals surface area contributed by atoms with E-state index in [-0.39, 0.29) is 35.3 Å². The van der Waals surface area contributed by atoms with E-state index in [9.17, 15) is 4.79 Å². The highest BCUT2D eigenvalue weighted by molar-refractivity contribution is 14.0. The third-order valence-electron chi connectivity index (χ3n) is 5.71. The highest BCUT2D eigenvalue weighted by Crippen LogP contribution is 2.39. The molecule has 30 heavy (non-hydrogen) atoms. The van der Waals surface area contributed by atoms with Gasteiger partial charge < -0.3 is 20.4 Å². The molecule has 0 radical (unpaired) electrons. The number of para-hydroxylation sites is 1. The standard InChI is InChI=1S/C23H39N5O.HI/c1-5-24-22(26-19-23(15-9-10-16-23)21(29)27(2)3)25-17-11-12-18-28(4)20-13-7-6-8-14-20;/h6-8,13-14H,5,9-12,15-19H2,1-4H3,(H2,24,25,26);1H. The van der Waals surface area contributed by atoms with Crippen LogP contribution in [0.15, 0.2) is 35.3 Å². The van der Waals surface area contributed by atoms with E-state index in [4.69, 9.17) is 4.99 Å². The highest BCUT2D eigenvalue weighted by atomic mass is 127. The Balaban J connectivity index is 0.00000450. The number of aliphatic imine (C=N–C) groups is 1. The van der Waals surface area contributed by atoms with Crippen molar-refractivity contribution in [2.45, 2.75) is 45.4 Å². The third-order valence-corrected chi connectivity index (χ3v) is 5.71. The molecule has 0 atom stereocenters. The first kappa shape index (κ1) is 26.5. The molecule has 0 saturated heterocycles. The lowest BCUT2D eigenvalue weighted by molar-refractivity contribution is -0.138. The minimum absolute atomic E-state index is 0. The van der Waals surface area contributed by atoms with Gasteiger partial charge in [0.2, 0.25) is 5.91 Å². The van der Waals surface area contributed by atoms with E-state index in [1.54, 1.807) is 4.90 Å². The number of carbonyl (C=O) groups is 1. The van der Waals surface area contributed by atoms with Gasteiger partial charge in [-0.25, -0.2) is 0 Å². The van der Waals surface area contributed by atoms with Gasteiger partial charge >= 0.3 is 0 Å². The molecular weight excluding hydrogens is 489 g/mol. The maximum absolute atomic E-state index is 12.7. The predicted octanol–water partition coefficient (Wildman–Crippen LogP) is 3.72. The first-order valence-corrected chi connectivity index (χ1v) is 11.0. The van der Waals surface area contributed by atoms with Gasteiger partial charge in [-0.05, 0) is 44.7 Å². The number of hydrogen-bond acceptors (Lipinski definition) is 3. The molecule has 0 bridgehead atoms. The maximum Gasteiger partial charge on any atom is 0.230 e. The maximum atomic E-state index is 12.7. The number of nitrogens with zero attached hydrogens (tertiary/aromatic N) is 3. The van der Waals surface area contributed by atoms with E-state index >= 15 is 0 Å². The second-order valence-electron chi connectivity index (χ2n) is 8.27. The Kier molecular flexibility index (Phi) is 12.1. The van der Waals surface area contributed by atoms with E-state index < -0.39 is 0 Å². The van der Waals surface area contributed by atoms with Gasteiger partial charge in [0.25, 0.3) is 0 Å². The van der Waals surface area contributed by atoms with Crippen LogP contribution in [0.25, 0.3) is 0 Å². The van der Waals surface area contributed by atoms with Crippen LogP contribution in [0.4, 0.5) is 5.69 Å². The molecular formula is C23H40IN5O. The number of carbonyl (C=O) groups excluding carboxylic acids is 1. The van der Waals surface area contributed by atoms with E-state index in [2.05, 4.69) is 53.8 Å². The Morgan fingerprint density at radius 1 is 1.07 bits per heavy atom. The lowest BCUT2D eigenvalue weighted by Gasteiger charge is -2.29. The average Bonchev–Trinajstić information content (AvgIpc) is 3.21. The number of rotatable bonds is 10. The van der Waals surface area contributed by atoms with Gasteiger partial charge in [0.15, 0.2) is 5.96 Å². The van der Waals surface area contributed by atoms with Gasteiger partial charge in [0.05, 0.1) is 12.0 Å². The molecule has 1 aliphatic carbocycles. The van der Waals surface area contributed by atoms with Crippen LogP contribution >= 0.6 is 24.0 Å². The lowest BCUT2D eigenvalue weighted by Crippen LogP contribution is -2.43. The van der Waals surface area contributed by atoms with Gasteiger partial charge in [0, 0.05) is 46.5 Å². The van der Waals surface area contributed by atoms with Crippen molar-refractivity contribution in [3.05, 3.63) is 30.3 Å². The number of benzene rings is 1. The van der Waals surface area contributed by atoms with E-state index in [0.29, 0.717) is 6.54 Å². The Morgan fingerprint density at radius 3 is 2.33 bits per heavy atom. The topological polar surface area (TPSA) is 60.0 Å². The van der Waals surface area contributed by atoms with E-state index in [1.165, 1.54) is 5.69 Å². The van der Waals surface area contributed by atoms with Gasteiger partial charge in [-0.3, -0.25) is 9.79 Å². The fraction of sp³-hybridized carbons (Fsp3) is 0.652. The summed E-state index contributed by atoms with van der Waals surface area (Å²) in [4.78, 5) is 21.5. The fourth-order valence-electron chi connectivity index (χ4n) is 4.03. The molecule has 170 valence electrons. The van der Waals surface area contributed by atoms with Crippen molar-refractivity contribution >= 4 is 41.5 Å². The minimum atomic E-state index is -0.315. The number of halogens is 1. The summed E-state index contributed by atoms with van der Waals surface area (Å²) in [7, 11) is 5.83. The SMILES string of the molecule is CCNC(=NCC1(C(=O)N(C)C)CCCC1)NCCCCN(C)c1ccccc1.I. The van der Waals surface area contributed by atoms with Crippen molar-refractivity contribution in [2.75, 3.05) is 52.2 Å². The zero-order valence-corrected chi connectivity index (χ0v) is 21.4. The molecule has 1 saturated carbocycles. The summed E-state index contributed by atoms with van der Waals surface area (Å²) in [5.41, 5.74) is 0.937. The van der Waals surface area contributed by atoms with Crippen molar-refractivity contribution in [2.24, 2.45) is 10.4 Å². The molecule has 7 heteroatoms. The lowest BCUT2D eigenvalue weighted by atomic mass is 9.85. The number of anilines is 1. The normalized spacial score (nSPS) is 15.3. The Hall–Kier alpha value is -1.51. The summed E-state index contributed by atoms with van der Waals surface area (Å²) in [5.74, 6) is 1.04. The van der Waals surface area contributed by atoms with Crippen LogP contribution in [0.2, 0.25) is 0 Å². The number of nitrogens with one attached hydrogen (secondary N) is 2. The van der Waals surface area contributed by atoms with Crippen molar-refractivity contribution < 1.29 is 4.79 Å². The number of hydrogen-bond donors (Lipinski definition) is 2. The van der Waals surface area contributed by atoms with Gasteiger partial charge in [-0.2, -0.15) is 0 Å². The number of unbranched alkanes of at least 4 members (excludes halogenated alkanes) is 1. The molecule has 0 heterocycles. The van der Waals surface area contributed by atoms with Gasteiger partial charge in [-0.1, -0.05) is 31.0 Å². The van der Waals surface area contributed by atoms with E-state index in [0.717, 1.165) is 64.1 Å². The second-order valence-corrected chi connectivity index (χ2v) is 8.27. The Morgan fingerprint density at radius 2 is 1.73 bits per heavy atom. The van der Waals surface area contributed by atoms with Crippen LogP contribution in [0.1, 0.15) is 45.4 Å². The van der Waals surface area contributed by atoms with Gasteiger partial charge in [-0.15, -0.1) is 24.0 Å². The number of guanidine groups is 1. The fourth-order valence-corrected chi connectivity index (χ4v) is 4.03. The van der Waals surface area contributed by atoms with Gasteiger partial charge in [0.1, 0.15) is 0 Å². The van der Waals surface area contributed by atoms with Crippen molar-refractivity contribution in [3.8, 4) is 0 Å². The Bertz CT molecular complexity index is 644.